The molecule has 0 saturated carbocycles. The second-order valence-electron chi connectivity index (χ2n) is 3.36. The third-order valence-electron chi connectivity index (χ3n) is 1.87. The predicted octanol–water partition coefficient (Wildman–Crippen LogP) is 2.55. The molecule has 1 aromatic rings. The largest absolute Gasteiger partial charge is 0.471 e. The molecule has 0 aliphatic heterocycles. The van der Waals surface area contributed by atoms with E-state index in [2.05, 4.69) is 17.2 Å². The molecule has 1 unspecified atom stereocenters. The number of amides is 2. The van der Waals surface area contributed by atoms with E-state index in [9.17, 15) is 4.79 Å². The molecule has 0 bridgehead atoms. The van der Waals surface area contributed by atoms with E-state index >= 15 is 0 Å². The lowest BCUT2D eigenvalue weighted by atomic mass is 10.3. The summed E-state index contributed by atoms with van der Waals surface area (Å²) in [6, 6.07) is 6.62. The highest BCUT2D eigenvalue weighted by atomic mass is 35.5. The first-order valence-corrected chi connectivity index (χ1v) is 5.57. The zero-order valence-corrected chi connectivity index (χ0v) is 10.3. The Bertz CT molecular complexity index is 379. The SMILES string of the molecule is C=CCNC(=O)NC(C)Oc1ccc(Cl)cc1. The van der Waals surface area contributed by atoms with Gasteiger partial charge in [0, 0.05) is 11.6 Å². The number of benzene rings is 1. The quantitative estimate of drug-likeness (QED) is 0.627. The minimum absolute atomic E-state index is 0.300. The van der Waals surface area contributed by atoms with E-state index in [-0.39, 0.29) is 6.03 Å². The molecule has 0 saturated heterocycles. The summed E-state index contributed by atoms with van der Waals surface area (Å²) in [5.41, 5.74) is 0. The fourth-order valence-electron chi connectivity index (χ4n) is 1.15. The first-order valence-electron chi connectivity index (χ1n) is 5.19. The summed E-state index contributed by atoms with van der Waals surface area (Å²) in [5, 5.41) is 5.85. The van der Waals surface area contributed by atoms with E-state index in [4.69, 9.17) is 16.3 Å². The number of hydrogen-bond acceptors (Lipinski definition) is 2. The topological polar surface area (TPSA) is 50.4 Å². The van der Waals surface area contributed by atoms with Gasteiger partial charge in [-0.15, -0.1) is 6.58 Å². The molecule has 2 amide bonds. The fourth-order valence-corrected chi connectivity index (χ4v) is 1.27. The molecule has 1 aromatic carbocycles. The highest BCUT2D eigenvalue weighted by Gasteiger charge is 2.06. The lowest BCUT2D eigenvalue weighted by Crippen LogP contribution is -2.43. The lowest BCUT2D eigenvalue weighted by molar-refractivity contribution is 0.177. The summed E-state index contributed by atoms with van der Waals surface area (Å²) in [4.78, 5) is 11.3. The highest BCUT2D eigenvalue weighted by molar-refractivity contribution is 6.30. The highest BCUT2D eigenvalue weighted by Crippen LogP contribution is 2.16. The normalized spacial score (nSPS) is 11.4. The van der Waals surface area contributed by atoms with E-state index in [0.717, 1.165) is 0 Å². The molecule has 0 fully saturated rings. The van der Waals surface area contributed by atoms with Crippen LogP contribution in [0, 0.1) is 0 Å². The van der Waals surface area contributed by atoms with Gasteiger partial charge in [0.25, 0.3) is 0 Å². The summed E-state index contributed by atoms with van der Waals surface area (Å²) in [7, 11) is 0. The lowest BCUT2D eigenvalue weighted by Gasteiger charge is -2.16. The molecule has 0 aliphatic rings. The number of urea groups is 1. The summed E-state index contributed by atoms with van der Waals surface area (Å²) in [6.45, 7) is 5.66. The van der Waals surface area contributed by atoms with E-state index < -0.39 is 6.23 Å². The van der Waals surface area contributed by atoms with Crippen molar-refractivity contribution in [3.05, 3.63) is 41.9 Å². The van der Waals surface area contributed by atoms with Gasteiger partial charge >= 0.3 is 6.03 Å². The van der Waals surface area contributed by atoms with Gasteiger partial charge in [0.05, 0.1) is 0 Å². The molecule has 4 nitrogen and oxygen atoms in total. The van der Waals surface area contributed by atoms with Crippen molar-refractivity contribution < 1.29 is 9.53 Å². The van der Waals surface area contributed by atoms with Gasteiger partial charge in [0.15, 0.2) is 6.23 Å². The number of ether oxygens (including phenoxy) is 1. The average molecular weight is 255 g/mol. The Kier molecular flexibility index (Phi) is 5.36. The van der Waals surface area contributed by atoms with Crippen LogP contribution in [-0.4, -0.2) is 18.8 Å². The van der Waals surface area contributed by atoms with E-state index in [1.165, 1.54) is 0 Å². The Morgan fingerprint density at radius 2 is 2.18 bits per heavy atom. The van der Waals surface area contributed by atoms with Crippen LogP contribution in [0.2, 0.25) is 5.02 Å². The van der Waals surface area contributed by atoms with Crippen molar-refractivity contribution in [3.8, 4) is 5.75 Å². The molecule has 1 atom stereocenters. The fraction of sp³-hybridized carbons (Fsp3) is 0.250. The summed E-state index contributed by atoms with van der Waals surface area (Å²) in [5.74, 6) is 0.644. The number of hydrogen-bond donors (Lipinski definition) is 2. The van der Waals surface area contributed by atoms with Crippen molar-refractivity contribution in [3.63, 3.8) is 0 Å². The minimum Gasteiger partial charge on any atom is -0.471 e. The molecule has 1 rings (SSSR count). The smallest absolute Gasteiger partial charge is 0.317 e. The molecule has 17 heavy (non-hydrogen) atoms. The maximum Gasteiger partial charge on any atom is 0.317 e. The van der Waals surface area contributed by atoms with E-state index in [1.54, 1.807) is 37.3 Å². The van der Waals surface area contributed by atoms with Crippen LogP contribution in [0.5, 0.6) is 5.75 Å². The second-order valence-corrected chi connectivity index (χ2v) is 3.79. The third-order valence-corrected chi connectivity index (χ3v) is 2.12. The average Bonchev–Trinajstić information content (AvgIpc) is 2.29. The van der Waals surface area contributed by atoms with Gasteiger partial charge in [-0.05, 0) is 31.2 Å². The molecular formula is C12H15ClN2O2. The Balaban J connectivity index is 2.38. The Morgan fingerprint density at radius 1 is 1.53 bits per heavy atom. The summed E-state index contributed by atoms with van der Waals surface area (Å²) < 4.78 is 5.46. The number of nitrogens with one attached hydrogen (secondary N) is 2. The number of halogens is 1. The Hall–Kier alpha value is -1.68. The van der Waals surface area contributed by atoms with Crippen molar-refractivity contribution in [2.45, 2.75) is 13.2 Å². The summed E-state index contributed by atoms with van der Waals surface area (Å²) >= 11 is 5.75. The van der Waals surface area contributed by atoms with Gasteiger partial charge in [-0.3, -0.25) is 0 Å². The van der Waals surface area contributed by atoms with Crippen molar-refractivity contribution in [1.29, 1.82) is 0 Å². The second kappa shape index (κ2) is 6.81. The Morgan fingerprint density at radius 3 is 2.76 bits per heavy atom. The molecule has 0 aromatic heterocycles. The molecule has 5 heteroatoms. The number of carbonyl (C=O) groups is 1. The molecule has 0 spiro atoms. The van der Waals surface area contributed by atoms with Crippen LogP contribution < -0.4 is 15.4 Å². The van der Waals surface area contributed by atoms with Gasteiger partial charge in [-0.2, -0.15) is 0 Å². The maximum atomic E-state index is 11.3. The van der Waals surface area contributed by atoms with Crippen molar-refractivity contribution in [1.82, 2.24) is 10.6 Å². The van der Waals surface area contributed by atoms with Gasteiger partial charge in [0.1, 0.15) is 5.75 Å². The van der Waals surface area contributed by atoms with Gasteiger partial charge in [0.2, 0.25) is 0 Å². The number of rotatable bonds is 5. The molecule has 0 radical (unpaired) electrons. The van der Waals surface area contributed by atoms with E-state index in [0.29, 0.717) is 17.3 Å². The zero-order valence-electron chi connectivity index (χ0n) is 9.57. The molecular weight excluding hydrogens is 240 g/mol. The first-order chi connectivity index (χ1) is 8.11. The van der Waals surface area contributed by atoms with Crippen LogP contribution in [0.15, 0.2) is 36.9 Å². The predicted molar refractivity (Wildman–Crippen MR) is 68.3 cm³/mol. The molecule has 92 valence electrons. The van der Waals surface area contributed by atoms with Crippen molar-refractivity contribution in [2.24, 2.45) is 0 Å². The van der Waals surface area contributed by atoms with Crippen LogP contribution in [-0.2, 0) is 0 Å². The van der Waals surface area contributed by atoms with Crippen molar-refractivity contribution >= 4 is 17.6 Å². The van der Waals surface area contributed by atoms with Crippen LogP contribution in [0.25, 0.3) is 0 Å². The maximum absolute atomic E-state index is 11.3. The van der Waals surface area contributed by atoms with Crippen LogP contribution in [0.3, 0.4) is 0 Å². The third kappa shape index (κ3) is 5.26. The van der Waals surface area contributed by atoms with E-state index in [1.807, 2.05) is 0 Å². The summed E-state index contributed by atoms with van der Waals surface area (Å²) in [6.07, 6.45) is 1.17. The van der Waals surface area contributed by atoms with Crippen LogP contribution >= 0.6 is 11.6 Å². The monoisotopic (exact) mass is 254 g/mol. The minimum atomic E-state index is -0.430. The molecule has 2 N–H and O–H groups in total. The van der Waals surface area contributed by atoms with Crippen molar-refractivity contribution in [2.75, 3.05) is 6.54 Å². The van der Waals surface area contributed by atoms with Crippen LogP contribution in [0.4, 0.5) is 4.79 Å². The van der Waals surface area contributed by atoms with Gasteiger partial charge in [-0.1, -0.05) is 17.7 Å². The number of carbonyl (C=O) groups excluding carboxylic acids is 1. The molecule has 0 heterocycles. The van der Waals surface area contributed by atoms with Gasteiger partial charge < -0.3 is 15.4 Å². The van der Waals surface area contributed by atoms with Crippen LogP contribution in [0.1, 0.15) is 6.92 Å². The van der Waals surface area contributed by atoms with Gasteiger partial charge in [-0.25, -0.2) is 4.79 Å². The standard InChI is InChI=1S/C12H15ClN2O2/c1-3-8-14-12(16)15-9(2)17-11-6-4-10(13)5-7-11/h3-7,9H,1,8H2,2H3,(H2,14,15,16). The first kappa shape index (κ1) is 13.4. The Labute approximate surface area is 106 Å². The zero-order chi connectivity index (χ0) is 12.7. The molecule has 0 aliphatic carbocycles.